The third-order valence-electron chi connectivity index (χ3n) is 3.99. The zero-order valence-electron chi connectivity index (χ0n) is 14.1. The van der Waals surface area contributed by atoms with Crippen molar-refractivity contribution < 1.29 is 9.53 Å². The Hall–Kier alpha value is -1.69. The first-order chi connectivity index (χ1) is 12.1. The van der Waals surface area contributed by atoms with Gasteiger partial charge in [-0.1, -0.05) is 17.7 Å². The molecule has 0 bridgehead atoms. The maximum atomic E-state index is 12.4. The summed E-state index contributed by atoms with van der Waals surface area (Å²) in [6, 6.07) is 15.5. The molecule has 25 heavy (non-hydrogen) atoms. The average Bonchev–Trinajstić information content (AvgIpc) is 2.63. The Labute approximate surface area is 157 Å². The van der Waals surface area contributed by atoms with Crippen molar-refractivity contribution in [1.82, 2.24) is 0 Å². The molecule has 1 unspecified atom stereocenters. The number of morpholine rings is 1. The molecule has 0 spiro atoms. The van der Waals surface area contributed by atoms with E-state index in [0.29, 0.717) is 5.02 Å². The Morgan fingerprint density at radius 3 is 2.60 bits per heavy atom. The molecule has 2 aromatic carbocycles. The van der Waals surface area contributed by atoms with E-state index in [1.165, 1.54) is 11.8 Å². The Balaban J connectivity index is 1.56. The molecule has 0 aromatic heterocycles. The molecule has 2 aromatic rings. The fraction of sp³-hybridized carbons (Fsp3) is 0.316. The van der Waals surface area contributed by atoms with Crippen LogP contribution < -0.4 is 10.2 Å². The Morgan fingerprint density at radius 1 is 1.20 bits per heavy atom. The van der Waals surface area contributed by atoms with Crippen LogP contribution in [-0.2, 0) is 9.53 Å². The zero-order valence-corrected chi connectivity index (χ0v) is 15.6. The normalized spacial score (nSPS) is 15.7. The maximum Gasteiger partial charge on any atom is 0.237 e. The number of nitrogens with one attached hydrogen (secondary N) is 1. The number of benzene rings is 2. The van der Waals surface area contributed by atoms with Crippen molar-refractivity contribution in [3.8, 4) is 0 Å². The lowest BCUT2D eigenvalue weighted by Crippen LogP contribution is -2.36. The van der Waals surface area contributed by atoms with Crippen molar-refractivity contribution in [1.29, 1.82) is 0 Å². The van der Waals surface area contributed by atoms with E-state index in [9.17, 15) is 4.79 Å². The van der Waals surface area contributed by atoms with Crippen molar-refractivity contribution in [3.63, 3.8) is 0 Å². The van der Waals surface area contributed by atoms with Crippen molar-refractivity contribution >= 4 is 40.6 Å². The molecule has 1 saturated heterocycles. The standard InChI is InChI=1S/C19H21ClN2O2S/c1-14(25-18-4-2-3-15(20)13-18)19(23)21-16-5-7-17(8-6-16)22-9-11-24-12-10-22/h2-8,13-14H,9-12H2,1H3,(H,21,23). The fourth-order valence-corrected chi connectivity index (χ4v) is 3.80. The number of hydrogen-bond donors (Lipinski definition) is 1. The molecule has 1 heterocycles. The van der Waals surface area contributed by atoms with E-state index < -0.39 is 0 Å². The highest BCUT2D eigenvalue weighted by molar-refractivity contribution is 8.00. The second-order valence-electron chi connectivity index (χ2n) is 5.85. The molecule has 0 radical (unpaired) electrons. The van der Waals surface area contributed by atoms with Gasteiger partial charge in [-0.3, -0.25) is 4.79 Å². The van der Waals surface area contributed by atoms with Crippen molar-refractivity contribution in [3.05, 3.63) is 53.6 Å². The third kappa shape index (κ3) is 5.14. The average molecular weight is 377 g/mol. The minimum atomic E-state index is -0.211. The van der Waals surface area contributed by atoms with Crippen LogP contribution in [0.2, 0.25) is 5.02 Å². The van der Waals surface area contributed by atoms with Gasteiger partial charge in [0.25, 0.3) is 0 Å². The number of amides is 1. The lowest BCUT2D eigenvalue weighted by atomic mass is 10.2. The Kier molecular flexibility index (Phi) is 6.24. The summed E-state index contributed by atoms with van der Waals surface area (Å²) in [7, 11) is 0. The monoisotopic (exact) mass is 376 g/mol. The molecule has 4 nitrogen and oxygen atoms in total. The first kappa shape index (κ1) is 18.1. The van der Waals surface area contributed by atoms with Crippen molar-refractivity contribution in [2.24, 2.45) is 0 Å². The van der Waals surface area contributed by atoms with Crippen LogP contribution in [0.3, 0.4) is 0 Å². The highest BCUT2D eigenvalue weighted by Crippen LogP contribution is 2.27. The summed E-state index contributed by atoms with van der Waals surface area (Å²) in [5.41, 5.74) is 1.96. The highest BCUT2D eigenvalue weighted by atomic mass is 35.5. The van der Waals surface area contributed by atoms with Crippen LogP contribution in [0.5, 0.6) is 0 Å². The summed E-state index contributed by atoms with van der Waals surface area (Å²) in [6.07, 6.45) is 0. The SMILES string of the molecule is CC(Sc1cccc(Cl)c1)C(=O)Nc1ccc(N2CCOCC2)cc1. The topological polar surface area (TPSA) is 41.6 Å². The van der Waals surface area contributed by atoms with Crippen LogP contribution in [0.25, 0.3) is 0 Å². The molecule has 1 N–H and O–H groups in total. The summed E-state index contributed by atoms with van der Waals surface area (Å²) in [6.45, 7) is 5.22. The van der Waals surface area contributed by atoms with Gasteiger partial charge < -0.3 is 15.0 Å². The van der Waals surface area contributed by atoms with E-state index in [1.807, 2.05) is 55.5 Å². The number of carbonyl (C=O) groups is 1. The third-order valence-corrected chi connectivity index (χ3v) is 5.32. The molecule has 1 aliphatic heterocycles. The first-order valence-electron chi connectivity index (χ1n) is 8.28. The predicted molar refractivity (Wildman–Crippen MR) is 105 cm³/mol. The van der Waals surface area contributed by atoms with E-state index in [1.54, 1.807) is 0 Å². The van der Waals surface area contributed by atoms with Crippen LogP contribution in [0.4, 0.5) is 11.4 Å². The second kappa shape index (κ2) is 8.61. The van der Waals surface area contributed by atoms with E-state index in [2.05, 4.69) is 10.2 Å². The first-order valence-corrected chi connectivity index (χ1v) is 9.53. The van der Waals surface area contributed by atoms with Gasteiger partial charge in [-0.05, 0) is 49.4 Å². The minimum Gasteiger partial charge on any atom is -0.378 e. The number of thioether (sulfide) groups is 1. The van der Waals surface area contributed by atoms with E-state index >= 15 is 0 Å². The number of ether oxygens (including phenoxy) is 1. The number of anilines is 2. The number of halogens is 1. The van der Waals surface area contributed by atoms with Crippen LogP contribution >= 0.6 is 23.4 Å². The Morgan fingerprint density at radius 2 is 1.92 bits per heavy atom. The molecular weight excluding hydrogens is 356 g/mol. The quantitative estimate of drug-likeness (QED) is 0.790. The lowest BCUT2D eigenvalue weighted by molar-refractivity contribution is -0.115. The van der Waals surface area contributed by atoms with Gasteiger partial charge in [0.2, 0.25) is 5.91 Å². The molecule has 1 atom stereocenters. The van der Waals surface area contributed by atoms with Crippen LogP contribution in [0.1, 0.15) is 6.92 Å². The molecule has 6 heteroatoms. The van der Waals surface area contributed by atoms with Crippen LogP contribution in [0, 0.1) is 0 Å². The van der Waals surface area contributed by atoms with E-state index in [-0.39, 0.29) is 11.2 Å². The summed E-state index contributed by atoms with van der Waals surface area (Å²) in [5, 5.41) is 3.44. The molecule has 1 fully saturated rings. The molecular formula is C19H21ClN2O2S. The smallest absolute Gasteiger partial charge is 0.237 e. The van der Waals surface area contributed by atoms with Gasteiger partial charge >= 0.3 is 0 Å². The number of carbonyl (C=O) groups excluding carboxylic acids is 1. The fourth-order valence-electron chi connectivity index (χ4n) is 2.62. The molecule has 1 amide bonds. The summed E-state index contributed by atoms with van der Waals surface area (Å²) in [5.74, 6) is -0.0240. The summed E-state index contributed by atoms with van der Waals surface area (Å²) >= 11 is 7.48. The van der Waals surface area contributed by atoms with Gasteiger partial charge in [0, 0.05) is 34.4 Å². The van der Waals surface area contributed by atoms with Gasteiger partial charge in [-0.15, -0.1) is 11.8 Å². The van der Waals surface area contributed by atoms with Gasteiger partial charge in [-0.25, -0.2) is 0 Å². The second-order valence-corrected chi connectivity index (χ2v) is 7.70. The van der Waals surface area contributed by atoms with E-state index in [4.69, 9.17) is 16.3 Å². The van der Waals surface area contributed by atoms with Gasteiger partial charge in [0.05, 0.1) is 18.5 Å². The van der Waals surface area contributed by atoms with Gasteiger partial charge in [0.1, 0.15) is 0 Å². The van der Waals surface area contributed by atoms with Crippen molar-refractivity contribution in [2.45, 2.75) is 17.1 Å². The molecule has 3 rings (SSSR count). The van der Waals surface area contributed by atoms with Crippen molar-refractivity contribution in [2.75, 3.05) is 36.5 Å². The molecule has 0 saturated carbocycles. The van der Waals surface area contributed by atoms with Gasteiger partial charge in [0.15, 0.2) is 0 Å². The van der Waals surface area contributed by atoms with Gasteiger partial charge in [-0.2, -0.15) is 0 Å². The van der Waals surface area contributed by atoms with Crippen LogP contribution in [0.15, 0.2) is 53.4 Å². The number of nitrogens with zero attached hydrogens (tertiary/aromatic N) is 1. The number of hydrogen-bond acceptors (Lipinski definition) is 4. The molecule has 0 aliphatic carbocycles. The zero-order chi connectivity index (χ0) is 17.6. The predicted octanol–water partition coefficient (Wildman–Crippen LogP) is 4.30. The highest BCUT2D eigenvalue weighted by Gasteiger charge is 2.15. The van der Waals surface area contributed by atoms with Crippen LogP contribution in [-0.4, -0.2) is 37.5 Å². The molecule has 132 valence electrons. The minimum absolute atomic E-state index is 0.0240. The molecule has 1 aliphatic rings. The maximum absolute atomic E-state index is 12.4. The summed E-state index contributed by atoms with van der Waals surface area (Å²) in [4.78, 5) is 15.7. The summed E-state index contributed by atoms with van der Waals surface area (Å²) < 4.78 is 5.37. The Bertz CT molecular complexity index is 718. The largest absolute Gasteiger partial charge is 0.378 e. The van der Waals surface area contributed by atoms with E-state index in [0.717, 1.165) is 42.6 Å². The lowest BCUT2D eigenvalue weighted by Gasteiger charge is -2.28. The number of rotatable bonds is 5.